The minimum atomic E-state index is -0.545. The van der Waals surface area contributed by atoms with E-state index in [-0.39, 0.29) is 31.7 Å². The van der Waals surface area contributed by atoms with Gasteiger partial charge in [0.05, 0.1) is 12.7 Å². The van der Waals surface area contributed by atoms with E-state index in [4.69, 9.17) is 15.2 Å². The van der Waals surface area contributed by atoms with Crippen molar-refractivity contribution in [3.8, 4) is 0 Å². The number of esters is 1. The van der Waals surface area contributed by atoms with E-state index in [0.29, 0.717) is 17.2 Å². The molecule has 8 heteroatoms. The molecular formula is C31H37N5O3. The Morgan fingerprint density at radius 1 is 1.10 bits per heavy atom. The third-order valence-electron chi connectivity index (χ3n) is 7.67. The van der Waals surface area contributed by atoms with Gasteiger partial charge in [-0.15, -0.1) is 0 Å². The van der Waals surface area contributed by atoms with Crippen molar-refractivity contribution in [3.05, 3.63) is 119 Å². The van der Waals surface area contributed by atoms with Crippen molar-refractivity contribution in [1.29, 1.82) is 0 Å². The second-order valence-electron chi connectivity index (χ2n) is 9.88. The van der Waals surface area contributed by atoms with Gasteiger partial charge in [0, 0.05) is 12.5 Å². The van der Waals surface area contributed by atoms with Crippen molar-refractivity contribution < 1.29 is 15.7 Å². The maximum Gasteiger partial charge on any atom is 0.338 e. The lowest BCUT2D eigenvalue weighted by atomic mass is 9.89. The Hall–Kier alpha value is -4.40. The molecule has 39 heavy (non-hydrogen) atoms. The molecule has 3 aromatic rings. The summed E-state index contributed by atoms with van der Waals surface area (Å²) >= 11 is 0. The number of aliphatic imine (C=N–C) groups is 1. The van der Waals surface area contributed by atoms with E-state index in [9.17, 15) is 4.79 Å². The van der Waals surface area contributed by atoms with E-state index in [0.717, 1.165) is 34.1 Å². The molecule has 8 nitrogen and oxygen atoms in total. The Labute approximate surface area is 229 Å². The Morgan fingerprint density at radius 2 is 1.85 bits per heavy atom. The van der Waals surface area contributed by atoms with Crippen LogP contribution in [0.15, 0.2) is 107 Å². The van der Waals surface area contributed by atoms with Crippen LogP contribution >= 0.6 is 0 Å². The van der Waals surface area contributed by atoms with Gasteiger partial charge in [-0.1, -0.05) is 72.8 Å². The fraction of sp³-hybridized carbons (Fsp3) is 0.226. The first kappa shape index (κ1) is 27.6. The number of benzene rings is 3. The average molecular weight is 528 g/mol. The van der Waals surface area contributed by atoms with Crippen molar-refractivity contribution in [2.75, 3.05) is 7.11 Å². The second-order valence-corrected chi connectivity index (χ2v) is 9.88. The van der Waals surface area contributed by atoms with E-state index in [2.05, 4.69) is 40.7 Å². The number of carbonyl (C=O) groups excluding carboxylic acids is 1. The summed E-state index contributed by atoms with van der Waals surface area (Å²) in [5, 5.41) is 5.11. The number of hydrogen-bond donors (Lipinski definition) is 4. The Balaban J connectivity index is 0.00000147. The van der Waals surface area contributed by atoms with Crippen LogP contribution in [0.2, 0.25) is 0 Å². The summed E-state index contributed by atoms with van der Waals surface area (Å²) < 4.78 is 11.2. The van der Waals surface area contributed by atoms with Gasteiger partial charge in [-0.3, -0.25) is 0 Å². The lowest BCUT2D eigenvalue weighted by molar-refractivity contribution is -0.140. The number of nitrogens with zero attached hydrogens (tertiary/aromatic N) is 1. The number of guanidine groups is 1. The summed E-state index contributed by atoms with van der Waals surface area (Å²) in [6, 6.07) is 21.9. The lowest BCUT2D eigenvalue weighted by Crippen LogP contribution is -2.37. The zero-order chi connectivity index (χ0) is 25.6. The maximum absolute atomic E-state index is 13.4. The average Bonchev–Trinajstić information content (AvgIpc) is 3.66. The van der Waals surface area contributed by atoms with Gasteiger partial charge in [-0.2, -0.15) is 0 Å². The zero-order valence-corrected chi connectivity index (χ0v) is 22.3. The van der Waals surface area contributed by atoms with Crippen molar-refractivity contribution in [2.24, 2.45) is 16.6 Å². The number of carbonyl (C=O) groups is 1. The zero-order valence-electron chi connectivity index (χ0n) is 22.3. The van der Waals surface area contributed by atoms with Gasteiger partial charge in [0.1, 0.15) is 18.4 Å². The summed E-state index contributed by atoms with van der Waals surface area (Å²) in [6.07, 6.45) is 7.58. The smallest absolute Gasteiger partial charge is 0.338 e. The van der Waals surface area contributed by atoms with Gasteiger partial charge in [-0.05, 0) is 58.9 Å². The quantitative estimate of drug-likeness (QED) is 0.298. The number of rotatable bonds is 6. The van der Waals surface area contributed by atoms with Crippen LogP contribution in [0.5, 0.6) is 0 Å². The Kier molecular flexibility index (Phi) is 7.63. The molecule has 204 valence electrons. The van der Waals surface area contributed by atoms with Crippen molar-refractivity contribution >= 4 is 22.7 Å². The van der Waals surface area contributed by atoms with Crippen LogP contribution < -0.4 is 23.4 Å². The van der Waals surface area contributed by atoms with E-state index in [1.165, 1.54) is 5.56 Å². The molecular weight excluding hydrogens is 490 g/mol. The van der Waals surface area contributed by atoms with Crippen molar-refractivity contribution in [2.45, 2.75) is 31.4 Å². The third kappa shape index (κ3) is 4.92. The van der Waals surface area contributed by atoms with Gasteiger partial charge < -0.3 is 32.8 Å². The van der Waals surface area contributed by atoms with Crippen molar-refractivity contribution in [3.63, 3.8) is 0 Å². The first-order chi connectivity index (χ1) is 18.0. The standard InChI is InChI=1S/C31H29N3O3.2H3N.H2/c1-19-27(28(34-30(32)33-19)26-9-5-7-21-6-3-4-8-25(21)26)29(35)37-18-20-10-12-22(13-11-20)31-15-14-24(36-2)16-23(31)17-31;;;/h3-16,23,28H,17-18H2,1-2H3,(H3,32,33,34);2*1H3;1H. The molecule has 0 aromatic heterocycles. The molecule has 9 N–H and O–H groups in total. The highest BCUT2D eigenvalue weighted by molar-refractivity contribution is 5.97. The molecule has 3 aliphatic rings. The maximum atomic E-state index is 13.4. The number of fused-ring (bicyclic) bond motifs is 2. The Morgan fingerprint density at radius 3 is 2.59 bits per heavy atom. The Bertz CT molecular complexity index is 1520. The molecule has 0 amide bonds. The molecule has 2 aliphatic carbocycles. The number of hydrogen-bond acceptors (Lipinski definition) is 8. The minimum Gasteiger partial charge on any atom is -0.497 e. The molecule has 3 atom stereocenters. The first-order valence-electron chi connectivity index (χ1n) is 12.5. The molecule has 0 radical (unpaired) electrons. The van der Waals surface area contributed by atoms with E-state index < -0.39 is 12.0 Å². The fourth-order valence-electron chi connectivity index (χ4n) is 5.57. The molecule has 0 bridgehead atoms. The summed E-state index contributed by atoms with van der Waals surface area (Å²) in [5.74, 6) is 1.28. The van der Waals surface area contributed by atoms with Gasteiger partial charge in [0.25, 0.3) is 0 Å². The van der Waals surface area contributed by atoms with Crippen LogP contribution in [-0.4, -0.2) is 19.0 Å². The number of ether oxygens (including phenoxy) is 2. The molecule has 1 aliphatic heterocycles. The molecule has 3 unspecified atom stereocenters. The molecule has 0 spiro atoms. The monoisotopic (exact) mass is 527 g/mol. The largest absolute Gasteiger partial charge is 0.497 e. The molecule has 3 aromatic carbocycles. The van der Waals surface area contributed by atoms with Gasteiger partial charge in [0.15, 0.2) is 5.96 Å². The molecule has 0 saturated heterocycles. The lowest BCUT2D eigenvalue weighted by Gasteiger charge is -2.25. The second kappa shape index (κ2) is 10.8. The normalized spacial score (nSPS) is 22.8. The van der Waals surface area contributed by atoms with Gasteiger partial charge in [-0.25, -0.2) is 9.79 Å². The van der Waals surface area contributed by atoms with Crippen LogP contribution in [0.4, 0.5) is 0 Å². The number of nitrogens with one attached hydrogen (secondary N) is 1. The van der Waals surface area contributed by atoms with Crippen LogP contribution in [-0.2, 0) is 26.3 Å². The van der Waals surface area contributed by atoms with Crippen LogP contribution in [0.1, 0.15) is 37.5 Å². The minimum absolute atomic E-state index is 0. The summed E-state index contributed by atoms with van der Waals surface area (Å²) in [4.78, 5) is 18.0. The highest BCUT2D eigenvalue weighted by Gasteiger charge is 2.53. The van der Waals surface area contributed by atoms with E-state index >= 15 is 0 Å². The van der Waals surface area contributed by atoms with Crippen LogP contribution in [0.25, 0.3) is 10.8 Å². The highest BCUT2D eigenvalue weighted by Crippen LogP contribution is 2.58. The molecule has 1 fully saturated rings. The van der Waals surface area contributed by atoms with Gasteiger partial charge in [0.2, 0.25) is 0 Å². The predicted octanol–water partition coefficient (Wildman–Crippen LogP) is 5.74. The fourth-order valence-corrected chi connectivity index (χ4v) is 5.57. The number of allylic oxidation sites excluding steroid dienone is 4. The van der Waals surface area contributed by atoms with Gasteiger partial charge >= 0.3 is 5.97 Å². The van der Waals surface area contributed by atoms with Crippen LogP contribution in [0.3, 0.4) is 0 Å². The first-order valence-corrected chi connectivity index (χ1v) is 12.5. The topological polar surface area (TPSA) is 156 Å². The summed E-state index contributed by atoms with van der Waals surface area (Å²) in [5.41, 5.74) is 10.4. The predicted molar refractivity (Wildman–Crippen MR) is 157 cm³/mol. The number of methoxy groups -OCH3 is 1. The summed E-state index contributed by atoms with van der Waals surface area (Å²) in [7, 11) is 1.70. The summed E-state index contributed by atoms with van der Waals surface area (Å²) in [6.45, 7) is 2.01. The molecule has 1 heterocycles. The van der Waals surface area contributed by atoms with Crippen molar-refractivity contribution in [1.82, 2.24) is 17.6 Å². The number of nitrogens with two attached hydrogens (primary N) is 1. The van der Waals surface area contributed by atoms with Crippen LogP contribution in [0, 0.1) is 5.92 Å². The van der Waals surface area contributed by atoms with E-state index in [1.54, 1.807) is 7.11 Å². The van der Waals surface area contributed by atoms with E-state index in [1.807, 2.05) is 61.5 Å². The SMILES string of the molecule is COC1=CC2CC2(c2ccc(COC(=O)C3=C(C)NC(N)=NC3c3cccc4ccccc34)cc2)C=C1.N.N.[HH]. The molecule has 6 rings (SSSR count). The highest BCUT2D eigenvalue weighted by atomic mass is 16.5. The molecule has 1 saturated carbocycles. The third-order valence-corrected chi connectivity index (χ3v) is 7.67.